The van der Waals surface area contributed by atoms with E-state index >= 15 is 0 Å². The van der Waals surface area contributed by atoms with Crippen LogP contribution in [0.1, 0.15) is 19.3 Å². The third-order valence-corrected chi connectivity index (χ3v) is 1.88. The molecule has 0 rings (SSSR count). The molecule has 0 spiro atoms. The number of ether oxygens (including phenoxy) is 2. The zero-order valence-electron chi connectivity index (χ0n) is 8.69. The van der Waals surface area contributed by atoms with Gasteiger partial charge in [0, 0.05) is 6.42 Å². The van der Waals surface area contributed by atoms with E-state index in [0.29, 0.717) is 0 Å². The van der Waals surface area contributed by atoms with Crippen LogP contribution in [0, 0.1) is 5.92 Å². The predicted octanol–water partition coefficient (Wildman–Crippen LogP) is 0.203. The van der Waals surface area contributed by atoms with Crippen molar-refractivity contribution in [1.29, 1.82) is 0 Å². The lowest BCUT2D eigenvalue weighted by molar-refractivity contribution is -0.152. The Balaban J connectivity index is 4.24. The van der Waals surface area contributed by atoms with Crippen LogP contribution in [0.5, 0.6) is 0 Å². The molecule has 0 aliphatic carbocycles. The summed E-state index contributed by atoms with van der Waals surface area (Å²) in [6.07, 6.45) is -0.273. The lowest BCUT2D eigenvalue weighted by atomic mass is 10.00. The Bertz CT molecular complexity index is 247. The molecular formula is C9H14O6. The topological polar surface area (TPSA) is 89.9 Å². The fourth-order valence-electron chi connectivity index (χ4n) is 1.05. The lowest BCUT2D eigenvalue weighted by Gasteiger charge is -2.11. The summed E-state index contributed by atoms with van der Waals surface area (Å²) in [7, 11) is 2.39. The first-order valence-electron chi connectivity index (χ1n) is 4.37. The second-order valence-electron chi connectivity index (χ2n) is 2.93. The summed E-state index contributed by atoms with van der Waals surface area (Å²) >= 11 is 0. The Kier molecular flexibility index (Phi) is 6.08. The number of esters is 2. The van der Waals surface area contributed by atoms with Gasteiger partial charge in [-0.25, -0.2) is 0 Å². The summed E-state index contributed by atoms with van der Waals surface area (Å²) in [5, 5.41) is 8.44. The molecule has 1 atom stereocenters. The molecule has 0 bridgehead atoms. The van der Waals surface area contributed by atoms with Gasteiger partial charge in [-0.2, -0.15) is 0 Å². The van der Waals surface area contributed by atoms with Crippen LogP contribution in [0.25, 0.3) is 0 Å². The van der Waals surface area contributed by atoms with E-state index in [9.17, 15) is 14.4 Å². The van der Waals surface area contributed by atoms with Gasteiger partial charge in [0.05, 0.1) is 26.6 Å². The first-order valence-corrected chi connectivity index (χ1v) is 4.37. The summed E-state index contributed by atoms with van der Waals surface area (Å²) in [5.41, 5.74) is 0. The minimum Gasteiger partial charge on any atom is -0.481 e. The number of hydrogen-bond acceptors (Lipinski definition) is 5. The van der Waals surface area contributed by atoms with E-state index in [1.807, 2.05) is 0 Å². The Hall–Kier alpha value is -1.59. The fraction of sp³-hybridized carbons (Fsp3) is 0.667. The van der Waals surface area contributed by atoms with Gasteiger partial charge in [0.1, 0.15) is 0 Å². The first kappa shape index (κ1) is 13.4. The van der Waals surface area contributed by atoms with Crippen LogP contribution in [0.3, 0.4) is 0 Å². The summed E-state index contributed by atoms with van der Waals surface area (Å²) in [4.78, 5) is 32.4. The van der Waals surface area contributed by atoms with Crippen molar-refractivity contribution < 1.29 is 29.0 Å². The Morgan fingerprint density at radius 1 is 1.20 bits per heavy atom. The van der Waals surface area contributed by atoms with Crippen LogP contribution in [0.4, 0.5) is 0 Å². The third kappa shape index (κ3) is 5.66. The number of hydrogen-bond donors (Lipinski definition) is 1. The third-order valence-electron chi connectivity index (χ3n) is 1.88. The Morgan fingerprint density at radius 3 is 2.20 bits per heavy atom. The number of carbonyl (C=O) groups excluding carboxylic acids is 2. The van der Waals surface area contributed by atoms with Crippen molar-refractivity contribution >= 4 is 17.9 Å². The maximum absolute atomic E-state index is 11.2. The van der Waals surface area contributed by atoms with Gasteiger partial charge in [-0.15, -0.1) is 0 Å². The van der Waals surface area contributed by atoms with Crippen LogP contribution in [0.15, 0.2) is 0 Å². The number of rotatable bonds is 6. The van der Waals surface area contributed by atoms with Gasteiger partial charge in [0.25, 0.3) is 0 Å². The molecule has 0 unspecified atom stereocenters. The molecule has 0 aromatic heterocycles. The minimum absolute atomic E-state index is 0.0666. The maximum atomic E-state index is 11.2. The van der Waals surface area contributed by atoms with Crippen molar-refractivity contribution in [2.75, 3.05) is 14.2 Å². The molecule has 6 nitrogen and oxygen atoms in total. The summed E-state index contributed by atoms with van der Waals surface area (Å²) in [6, 6.07) is 0. The SMILES string of the molecule is COC(=O)C[C@H](CCC(=O)O)C(=O)OC. The molecule has 0 aromatic rings. The highest BCUT2D eigenvalue weighted by atomic mass is 16.5. The smallest absolute Gasteiger partial charge is 0.309 e. The fourth-order valence-corrected chi connectivity index (χ4v) is 1.05. The van der Waals surface area contributed by atoms with E-state index in [0.717, 1.165) is 0 Å². The van der Waals surface area contributed by atoms with Gasteiger partial charge >= 0.3 is 17.9 Å². The molecule has 0 fully saturated rings. The number of aliphatic carboxylic acids is 1. The minimum atomic E-state index is -1.02. The molecule has 6 heteroatoms. The summed E-state index contributed by atoms with van der Waals surface area (Å²) in [5.74, 6) is -2.93. The number of carboxylic acid groups (broad SMARTS) is 1. The summed E-state index contributed by atoms with van der Waals surface area (Å²) < 4.78 is 8.84. The quantitative estimate of drug-likeness (QED) is 0.640. The van der Waals surface area contributed by atoms with Crippen molar-refractivity contribution in [1.82, 2.24) is 0 Å². The molecular weight excluding hydrogens is 204 g/mol. The van der Waals surface area contributed by atoms with Gasteiger partial charge in [0.2, 0.25) is 0 Å². The van der Waals surface area contributed by atoms with E-state index in [4.69, 9.17) is 5.11 Å². The van der Waals surface area contributed by atoms with Crippen LogP contribution in [-0.4, -0.2) is 37.2 Å². The van der Waals surface area contributed by atoms with Crippen molar-refractivity contribution in [3.05, 3.63) is 0 Å². The van der Waals surface area contributed by atoms with Gasteiger partial charge in [0.15, 0.2) is 0 Å². The first-order chi connectivity index (χ1) is 7.01. The highest BCUT2D eigenvalue weighted by molar-refractivity contribution is 5.80. The molecule has 15 heavy (non-hydrogen) atoms. The molecule has 0 amide bonds. The zero-order valence-corrected chi connectivity index (χ0v) is 8.69. The standard InChI is InChI=1S/C9H14O6/c1-14-8(12)5-6(9(13)15-2)3-4-7(10)11/h6H,3-5H2,1-2H3,(H,10,11)/t6-/m0/s1. The van der Waals surface area contributed by atoms with Crippen molar-refractivity contribution in [2.24, 2.45) is 5.92 Å². The highest BCUT2D eigenvalue weighted by Crippen LogP contribution is 2.14. The van der Waals surface area contributed by atoms with Crippen LogP contribution < -0.4 is 0 Å². The average molecular weight is 218 g/mol. The lowest BCUT2D eigenvalue weighted by Crippen LogP contribution is -2.21. The van der Waals surface area contributed by atoms with Gasteiger partial charge in [-0.1, -0.05) is 0 Å². The second kappa shape index (κ2) is 6.80. The Morgan fingerprint density at radius 2 is 1.80 bits per heavy atom. The predicted molar refractivity (Wildman–Crippen MR) is 49.0 cm³/mol. The zero-order chi connectivity index (χ0) is 11.8. The van der Waals surface area contributed by atoms with E-state index in [2.05, 4.69) is 9.47 Å². The van der Waals surface area contributed by atoms with E-state index in [-0.39, 0.29) is 19.3 Å². The van der Waals surface area contributed by atoms with Crippen LogP contribution in [-0.2, 0) is 23.9 Å². The van der Waals surface area contributed by atoms with Crippen molar-refractivity contribution in [3.63, 3.8) is 0 Å². The second-order valence-corrected chi connectivity index (χ2v) is 2.93. The van der Waals surface area contributed by atoms with Crippen LogP contribution in [0.2, 0.25) is 0 Å². The molecule has 1 N–H and O–H groups in total. The van der Waals surface area contributed by atoms with Gasteiger partial charge in [-0.05, 0) is 6.42 Å². The van der Waals surface area contributed by atoms with E-state index in [1.54, 1.807) is 0 Å². The molecule has 0 saturated heterocycles. The average Bonchev–Trinajstić information content (AvgIpc) is 2.22. The van der Waals surface area contributed by atoms with Gasteiger partial charge in [-0.3, -0.25) is 14.4 Å². The van der Waals surface area contributed by atoms with Gasteiger partial charge < -0.3 is 14.6 Å². The number of carboxylic acids is 1. The largest absolute Gasteiger partial charge is 0.481 e. The molecule has 0 aromatic carbocycles. The van der Waals surface area contributed by atoms with Crippen molar-refractivity contribution in [3.8, 4) is 0 Å². The molecule has 0 heterocycles. The molecule has 86 valence electrons. The maximum Gasteiger partial charge on any atom is 0.309 e. The monoisotopic (exact) mass is 218 g/mol. The van der Waals surface area contributed by atoms with E-state index in [1.165, 1.54) is 14.2 Å². The van der Waals surface area contributed by atoms with E-state index < -0.39 is 23.8 Å². The van der Waals surface area contributed by atoms with Crippen molar-refractivity contribution in [2.45, 2.75) is 19.3 Å². The molecule has 0 aliphatic heterocycles. The molecule has 0 saturated carbocycles. The molecule has 0 aliphatic rings. The highest BCUT2D eigenvalue weighted by Gasteiger charge is 2.23. The Labute approximate surface area is 87.2 Å². The number of methoxy groups -OCH3 is 2. The summed E-state index contributed by atoms with van der Waals surface area (Å²) in [6.45, 7) is 0. The van der Waals surface area contributed by atoms with Crippen LogP contribution >= 0.6 is 0 Å². The molecule has 0 radical (unpaired) electrons. The normalized spacial score (nSPS) is 11.6. The number of carbonyl (C=O) groups is 3.